The zero-order chi connectivity index (χ0) is 15.1. The molecule has 0 amide bonds. The molecule has 0 bridgehead atoms. The Labute approximate surface area is 138 Å². The first-order valence-electron chi connectivity index (χ1n) is 7.50. The van der Waals surface area contributed by atoms with E-state index in [2.05, 4.69) is 21.4 Å². The Morgan fingerprint density at radius 1 is 1.14 bits per heavy atom. The third-order valence-electron chi connectivity index (χ3n) is 4.06. The molecule has 0 atom stereocenters. The lowest BCUT2D eigenvalue weighted by atomic mass is 9.97. The molecule has 0 radical (unpaired) electrons. The molecule has 1 aliphatic carbocycles. The van der Waals surface area contributed by atoms with Gasteiger partial charge in [-0.3, -0.25) is 0 Å². The predicted octanol–water partition coefficient (Wildman–Crippen LogP) is 5.28. The summed E-state index contributed by atoms with van der Waals surface area (Å²) in [6.07, 6.45) is 6.48. The Morgan fingerprint density at radius 3 is 2.86 bits per heavy atom. The molecular formula is C17H16ClN3S. The molecule has 112 valence electrons. The van der Waals surface area contributed by atoms with Crippen LogP contribution in [0.15, 0.2) is 24.5 Å². The van der Waals surface area contributed by atoms with Crippen molar-refractivity contribution in [1.29, 1.82) is 0 Å². The molecule has 1 N–H and O–H groups in total. The van der Waals surface area contributed by atoms with Gasteiger partial charge in [0.25, 0.3) is 0 Å². The fraction of sp³-hybridized carbons (Fsp3) is 0.294. The molecule has 3 nitrogen and oxygen atoms in total. The number of nitrogens with zero attached hydrogens (tertiary/aromatic N) is 2. The molecule has 1 aromatic carbocycles. The van der Waals surface area contributed by atoms with Crippen molar-refractivity contribution < 1.29 is 0 Å². The highest BCUT2D eigenvalue weighted by Crippen LogP contribution is 2.39. The monoisotopic (exact) mass is 329 g/mol. The normalized spacial score (nSPS) is 14.1. The van der Waals surface area contributed by atoms with Crippen molar-refractivity contribution in [3.63, 3.8) is 0 Å². The fourth-order valence-electron chi connectivity index (χ4n) is 3.13. The van der Waals surface area contributed by atoms with Crippen molar-refractivity contribution in [3.05, 3.63) is 45.6 Å². The summed E-state index contributed by atoms with van der Waals surface area (Å²) in [4.78, 5) is 11.5. The Bertz CT molecular complexity index is 836. The summed E-state index contributed by atoms with van der Waals surface area (Å²) in [7, 11) is 0. The largest absolute Gasteiger partial charge is 0.340 e. The average molecular weight is 330 g/mol. The molecule has 2 aromatic heterocycles. The molecule has 5 heteroatoms. The Hall–Kier alpha value is -1.65. The van der Waals surface area contributed by atoms with Crippen LogP contribution in [0.1, 0.15) is 28.8 Å². The van der Waals surface area contributed by atoms with Gasteiger partial charge in [0.2, 0.25) is 0 Å². The Morgan fingerprint density at radius 2 is 2.00 bits per heavy atom. The summed E-state index contributed by atoms with van der Waals surface area (Å²) >= 11 is 7.97. The maximum absolute atomic E-state index is 6.16. The van der Waals surface area contributed by atoms with Crippen molar-refractivity contribution >= 4 is 44.7 Å². The van der Waals surface area contributed by atoms with Crippen LogP contribution in [-0.2, 0) is 12.8 Å². The van der Waals surface area contributed by atoms with E-state index in [1.54, 1.807) is 6.33 Å². The number of hydrogen-bond acceptors (Lipinski definition) is 4. The lowest BCUT2D eigenvalue weighted by Gasteiger charge is -2.13. The first-order chi connectivity index (χ1) is 10.7. The Kier molecular flexibility index (Phi) is 3.51. The third kappa shape index (κ3) is 2.46. The summed E-state index contributed by atoms with van der Waals surface area (Å²) in [5.41, 5.74) is 3.54. The molecule has 0 spiro atoms. The second-order valence-electron chi connectivity index (χ2n) is 5.76. The van der Waals surface area contributed by atoms with E-state index in [9.17, 15) is 0 Å². The number of rotatable bonds is 2. The van der Waals surface area contributed by atoms with Crippen LogP contribution in [-0.4, -0.2) is 9.97 Å². The molecule has 0 aliphatic heterocycles. The zero-order valence-corrected chi connectivity index (χ0v) is 13.9. The van der Waals surface area contributed by atoms with Gasteiger partial charge in [0.1, 0.15) is 17.0 Å². The first kappa shape index (κ1) is 14.0. The van der Waals surface area contributed by atoms with Crippen molar-refractivity contribution in [3.8, 4) is 0 Å². The van der Waals surface area contributed by atoms with Gasteiger partial charge in [-0.05, 0) is 61.9 Å². The fourth-order valence-corrected chi connectivity index (χ4v) is 4.65. The van der Waals surface area contributed by atoms with Crippen molar-refractivity contribution in [2.75, 3.05) is 5.32 Å². The minimum absolute atomic E-state index is 0.736. The van der Waals surface area contributed by atoms with E-state index < -0.39 is 0 Å². The molecule has 0 saturated heterocycles. The third-order valence-corrected chi connectivity index (χ3v) is 5.47. The van der Waals surface area contributed by atoms with Gasteiger partial charge in [0, 0.05) is 15.6 Å². The van der Waals surface area contributed by atoms with Gasteiger partial charge in [-0.15, -0.1) is 11.3 Å². The van der Waals surface area contributed by atoms with Crippen LogP contribution in [0.5, 0.6) is 0 Å². The minimum atomic E-state index is 0.736. The second-order valence-corrected chi connectivity index (χ2v) is 7.28. The standard InChI is InChI=1S/C17H16ClN3S/c1-10-6-11(18)8-12(7-10)21-16-15-13-4-2-3-5-14(13)22-17(15)20-9-19-16/h6-9H,2-5H2,1H3,(H,19,20,21). The highest BCUT2D eigenvalue weighted by atomic mass is 35.5. The van der Waals surface area contributed by atoms with E-state index >= 15 is 0 Å². The lowest BCUT2D eigenvalue weighted by molar-refractivity contribution is 0.700. The minimum Gasteiger partial charge on any atom is -0.340 e. The molecule has 4 rings (SSSR count). The molecule has 0 fully saturated rings. The molecule has 22 heavy (non-hydrogen) atoms. The van der Waals surface area contributed by atoms with Crippen LogP contribution < -0.4 is 5.32 Å². The van der Waals surface area contributed by atoms with Gasteiger partial charge in [0.15, 0.2) is 0 Å². The SMILES string of the molecule is Cc1cc(Cl)cc(Nc2ncnc3sc4c(c23)CCCC4)c1. The van der Waals surface area contributed by atoms with Gasteiger partial charge < -0.3 is 5.32 Å². The van der Waals surface area contributed by atoms with Crippen LogP contribution in [0.3, 0.4) is 0 Å². The van der Waals surface area contributed by atoms with E-state index in [4.69, 9.17) is 11.6 Å². The number of aromatic nitrogens is 2. The highest BCUT2D eigenvalue weighted by Gasteiger charge is 2.19. The maximum atomic E-state index is 6.16. The topological polar surface area (TPSA) is 37.8 Å². The van der Waals surface area contributed by atoms with E-state index in [1.165, 1.54) is 35.1 Å². The van der Waals surface area contributed by atoms with E-state index in [-0.39, 0.29) is 0 Å². The Balaban J connectivity index is 1.82. The molecular weight excluding hydrogens is 314 g/mol. The lowest BCUT2D eigenvalue weighted by Crippen LogP contribution is -2.01. The summed E-state index contributed by atoms with van der Waals surface area (Å²) < 4.78 is 0. The van der Waals surface area contributed by atoms with E-state index in [0.29, 0.717) is 0 Å². The van der Waals surface area contributed by atoms with E-state index in [0.717, 1.165) is 33.3 Å². The van der Waals surface area contributed by atoms with Crippen LogP contribution >= 0.6 is 22.9 Å². The second kappa shape index (κ2) is 5.52. The number of aryl methyl sites for hydroxylation is 3. The highest BCUT2D eigenvalue weighted by molar-refractivity contribution is 7.19. The van der Waals surface area contributed by atoms with Gasteiger partial charge >= 0.3 is 0 Å². The number of anilines is 2. The van der Waals surface area contributed by atoms with Gasteiger partial charge in [0.05, 0.1) is 5.39 Å². The molecule has 2 heterocycles. The first-order valence-corrected chi connectivity index (χ1v) is 8.69. The van der Waals surface area contributed by atoms with Gasteiger partial charge in [-0.25, -0.2) is 9.97 Å². The van der Waals surface area contributed by atoms with Crippen LogP contribution in [0.2, 0.25) is 5.02 Å². The number of thiophene rings is 1. The zero-order valence-electron chi connectivity index (χ0n) is 12.3. The number of benzene rings is 1. The number of nitrogens with one attached hydrogen (secondary N) is 1. The van der Waals surface area contributed by atoms with Crippen molar-refractivity contribution in [2.45, 2.75) is 32.6 Å². The molecule has 3 aromatic rings. The van der Waals surface area contributed by atoms with Gasteiger partial charge in [-0.1, -0.05) is 11.6 Å². The van der Waals surface area contributed by atoms with Crippen molar-refractivity contribution in [2.24, 2.45) is 0 Å². The summed E-state index contributed by atoms with van der Waals surface area (Å²) in [6, 6.07) is 5.97. The predicted molar refractivity (Wildman–Crippen MR) is 93.5 cm³/mol. The quantitative estimate of drug-likeness (QED) is 0.695. The van der Waals surface area contributed by atoms with Crippen molar-refractivity contribution in [1.82, 2.24) is 9.97 Å². The number of hydrogen-bond donors (Lipinski definition) is 1. The number of fused-ring (bicyclic) bond motifs is 3. The maximum Gasteiger partial charge on any atom is 0.142 e. The van der Waals surface area contributed by atoms with Crippen LogP contribution in [0, 0.1) is 6.92 Å². The summed E-state index contributed by atoms with van der Waals surface area (Å²) in [6.45, 7) is 2.04. The average Bonchev–Trinajstić information content (AvgIpc) is 2.85. The van der Waals surface area contributed by atoms with Crippen LogP contribution in [0.25, 0.3) is 10.2 Å². The summed E-state index contributed by atoms with van der Waals surface area (Å²) in [5.74, 6) is 0.895. The molecule has 0 unspecified atom stereocenters. The smallest absolute Gasteiger partial charge is 0.142 e. The van der Waals surface area contributed by atoms with E-state index in [1.807, 2.05) is 30.4 Å². The van der Waals surface area contributed by atoms with Crippen LogP contribution in [0.4, 0.5) is 11.5 Å². The summed E-state index contributed by atoms with van der Waals surface area (Å²) in [5, 5.41) is 5.37. The molecule has 1 aliphatic rings. The molecule has 0 saturated carbocycles. The number of halogens is 1. The van der Waals surface area contributed by atoms with Gasteiger partial charge in [-0.2, -0.15) is 0 Å².